The fraction of sp³-hybridized carbons (Fsp3) is 0.455. The lowest BCUT2D eigenvalue weighted by molar-refractivity contribution is -0.149. The normalized spacial score (nSPS) is 34.4. The summed E-state index contributed by atoms with van der Waals surface area (Å²) < 4.78 is 6.06. The van der Waals surface area contributed by atoms with Crippen LogP contribution in [0.4, 0.5) is 0 Å². The van der Waals surface area contributed by atoms with E-state index in [2.05, 4.69) is 17.1 Å². The van der Waals surface area contributed by atoms with Gasteiger partial charge in [-0.1, -0.05) is 12.1 Å². The minimum absolute atomic E-state index is 0.0497. The molecule has 2 amide bonds. The van der Waals surface area contributed by atoms with Gasteiger partial charge in [-0.2, -0.15) is 0 Å². The van der Waals surface area contributed by atoms with Gasteiger partial charge in [0.25, 0.3) is 0 Å². The number of methoxy groups -OCH3 is 1. The van der Waals surface area contributed by atoms with E-state index in [1.54, 1.807) is 30.2 Å². The zero-order chi connectivity index (χ0) is 22.3. The number of aromatic nitrogens is 1. The molecule has 2 bridgehead atoms. The number of likely N-dealkylation sites (tertiary alicyclic amines) is 1. The van der Waals surface area contributed by atoms with Crippen LogP contribution >= 0.6 is 35.3 Å². The number of hydrogen-bond acceptors (Lipinski definition) is 7. The maximum Gasteiger partial charge on any atom is 0.323 e. The quantitative estimate of drug-likeness (QED) is 0.503. The Morgan fingerprint density at radius 3 is 2.56 bits per heavy atom. The van der Waals surface area contributed by atoms with E-state index in [1.165, 1.54) is 4.88 Å². The topological polar surface area (TPSA) is 99.7 Å². The second-order valence-electron chi connectivity index (χ2n) is 8.89. The number of carbonyl (C=O) groups is 3. The van der Waals surface area contributed by atoms with Crippen LogP contribution in [0.25, 0.3) is 0 Å². The third-order valence-corrected chi connectivity index (χ3v) is 10.5. The third kappa shape index (κ3) is 2.72. The number of aliphatic carboxylic acids is 1. The largest absolute Gasteiger partial charge is 0.497 e. The van der Waals surface area contributed by atoms with Crippen LogP contribution in [0.1, 0.15) is 22.8 Å². The second-order valence-corrected chi connectivity index (χ2v) is 11.8. The first-order valence-electron chi connectivity index (χ1n) is 10.5. The Morgan fingerprint density at radius 2 is 1.91 bits per heavy atom. The van der Waals surface area contributed by atoms with E-state index in [9.17, 15) is 19.5 Å². The van der Waals surface area contributed by atoms with E-state index in [-0.39, 0.29) is 40.7 Å². The molecule has 3 heterocycles. The summed E-state index contributed by atoms with van der Waals surface area (Å²) in [5, 5.41) is 10.4. The summed E-state index contributed by atoms with van der Waals surface area (Å²) in [6.45, 7) is -0.547. The van der Waals surface area contributed by atoms with E-state index in [4.69, 9.17) is 17.0 Å². The highest BCUT2D eigenvalue weighted by Crippen LogP contribution is 2.68. The number of fused-ring (bicyclic) bond motifs is 9. The van der Waals surface area contributed by atoms with Crippen LogP contribution in [0.2, 0.25) is 0 Å². The lowest BCUT2D eigenvalue weighted by atomic mass is 9.68. The molecule has 10 heteroatoms. The maximum atomic E-state index is 13.2. The summed E-state index contributed by atoms with van der Waals surface area (Å²) in [5.41, 5.74) is 1.15. The molecule has 1 aromatic heterocycles. The fourth-order valence-corrected chi connectivity index (χ4v) is 9.89. The third-order valence-electron chi connectivity index (χ3n) is 7.58. The summed E-state index contributed by atoms with van der Waals surface area (Å²) in [5.74, 6) is -1.42. The first kappa shape index (κ1) is 20.4. The Kier molecular flexibility index (Phi) is 4.58. The van der Waals surface area contributed by atoms with Crippen molar-refractivity contribution in [3.05, 3.63) is 38.7 Å². The number of aromatic amines is 1. The number of ether oxygens (including phenoxy) is 1. The number of benzene rings is 1. The SMILES string of the molecule is COc1ccc([C@@H]2c3sc(=S)[nH]c3S[C@@H]3[C@H]4C[C@@H]([C@@H]5C(=O)N(CC(=O)O)C(=O)[C@@H]45)[C@@H]23)cc1. The number of nitrogens with one attached hydrogen (secondary N) is 1. The Labute approximate surface area is 197 Å². The summed E-state index contributed by atoms with van der Waals surface area (Å²) in [6.07, 6.45) is 0.832. The molecule has 0 unspecified atom stereocenters. The van der Waals surface area contributed by atoms with Gasteiger partial charge in [-0.25, -0.2) is 0 Å². The van der Waals surface area contributed by atoms with Crippen LogP contribution in [0.15, 0.2) is 29.3 Å². The monoisotopic (exact) mass is 488 g/mol. The molecule has 2 N–H and O–H groups in total. The number of hydrogen-bond donors (Lipinski definition) is 2. The van der Waals surface area contributed by atoms with Crippen LogP contribution in [0, 0.1) is 33.5 Å². The highest BCUT2D eigenvalue weighted by molar-refractivity contribution is 8.00. The predicted molar refractivity (Wildman–Crippen MR) is 120 cm³/mol. The van der Waals surface area contributed by atoms with E-state index in [0.717, 1.165) is 31.6 Å². The first-order valence-corrected chi connectivity index (χ1v) is 12.6. The summed E-state index contributed by atoms with van der Waals surface area (Å²) >= 11 is 8.79. The van der Waals surface area contributed by atoms with E-state index in [0.29, 0.717) is 0 Å². The molecule has 7 nitrogen and oxygen atoms in total. The molecule has 4 aliphatic rings. The molecule has 7 atom stereocenters. The number of carboxylic acid groups (broad SMARTS) is 1. The molecule has 1 saturated heterocycles. The maximum absolute atomic E-state index is 13.2. The number of carbonyl (C=O) groups excluding carboxylic acids is 2. The molecule has 166 valence electrons. The van der Waals surface area contributed by atoms with Crippen molar-refractivity contribution in [3.8, 4) is 5.75 Å². The van der Waals surface area contributed by atoms with Gasteiger partial charge in [0, 0.05) is 16.0 Å². The molecule has 1 aromatic carbocycles. The van der Waals surface area contributed by atoms with Crippen molar-refractivity contribution in [1.29, 1.82) is 0 Å². The van der Waals surface area contributed by atoms with Crippen molar-refractivity contribution in [2.24, 2.45) is 29.6 Å². The van der Waals surface area contributed by atoms with Crippen LogP contribution in [-0.2, 0) is 14.4 Å². The second kappa shape index (κ2) is 7.16. The fourth-order valence-electron chi connectivity index (χ4n) is 6.55. The summed E-state index contributed by atoms with van der Waals surface area (Å²) in [6, 6.07) is 8.05. The number of carboxylic acids is 1. The average molecular weight is 489 g/mol. The Bertz CT molecular complexity index is 1200. The molecule has 2 aliphatic heterocycles. The molecular formula is C22H20N2O5S3. The minimum atomic E-state index is -1.16. The predicted octanol–water partition coefficient (Wildman–Crippen LogP) is 3.37. The molecule has 3 fully saturated rings. The van der Waals surface area contributed by atoms with Gasteiger partial charge in [0.1, 0.15) is 12.3 Å². The molecule has 6 rings (SSSR count). The smallest absolute Gasteiger partial charge is 0.323 e. The van der Waals surface area contributed by atoms with Gasteiger partial charge in [-0.3, -0.25) is 19.3 Å². The number of rotatable bonds is 4. The molecule has 0 radical (unpaired) electrons. The lowest BCUT2D eigenvalue weighted by Gasteiger charge is -2.43. The summed E-state index contributed by atoms with van der Waals surface area (Å²) in [7, 11) is 1.64. The number of H-pyrrole nitrogens is 1. The molecule has 32 heavy (non-hydrogen) atoms. The Balaban J connectivity index is 1.44. The molecule has 0 spiro atoms. The van der Waals surface area contributed by atoms with Gasteiger partial charge in [-0.05, 0) is 54.1 Å². The number of nitrogens with zero attached hydrogens (tertiary/aromatic N) is 1. The Morgan fingerprint density at radius 1 is 1.22 bits per heavy atom. The van der Waals surface area contributed by atoms with Gasteiger partial charge in [0.15, 0.2) is 3.95 Å². The minimum Gasteiger partial charge on any atom is -0.497 e. The van der Waals surface area contributed by atoms with E-state index in [1.807, 2.05) is 12.1 Å². The van der Waals surface area contributed by atoms with Crippen LogP contribution in [0.3, 0.4) is 0 Å². The zero-order valence-electron chi connectivity index (χ0n) is 17.0. The zero-order valence-corrected chi connectivity index (χ0v) is 19.5. The number of amides is 2. The van der Waals surface area contributed by atoms with E-state index >= 15 is 0 Å². The number of imide groups is 1. The number of thiazole rings is 1. The molecule has 2 aliphatic carbocycles. The van der Waals surface area contributed by atoms with Crippen LogP contribution in [0.5, 0.6) is 5.75 Å². The standard InChI is InChI=1S/C22H20N2O5S3/c1-29-9-4-2-8(3-5-9)13-14-10-6-11(17(14)31-19-18(13)32-22(30)23-19)16-15(10)20(27)24(21(16)28)7-12(25)26/h2-5,10-11,13-17H,6-7H2,1H3,(H,23,30)(H,25,26)/t10-,11+,13+,14+,15+,16+,17-/m1/s1. The first-order chi connectivity index (χ1) is 15.4. The molecule has 2 aromatic rings. The number of thioether (sulfide) groups is 1. The summed E-state index contributed by atoms with van der Waals surface area (Å²) in [4.78, 5) is 43.0. The highest BCUT2D eigenvalue weighted by atomic mass is 32.2. The van der Waals surface area contributed by atoms with Crippen molar-refractivity contribution in [3.63, 3.8) is 0 Å². The van der Waals surface area contributed by atoms with Gasteiger partial charge in [-0.15, -0.1) is 23.1 Å². The van der Waals surface area contributed by atoms with Crippen molar-refractivity contribution >= 4 is 53.1 Å². The van der Waals surface area contributed by atoms with Crippen LogP contribution < -0.4 is 4.74 Å². The van der Waals surface area contributed by atoms with Gasteiger partial charge < -0.3 is 14.8 Å². The average Bonchev–Trinajstić information content (AvgIpc) is 3.49. The van der Waals surface area contributed by atoms with Gasteiger partial charge >= 0.3 is 5.97 Å². The van der Waals surface area contributed by atoms with Crippen LogP contribution in [-0.4, -0.2) is 51.7 Å². The molecular weight excluding hydrogens is 468 g/mol. The lowest BCUT2D eigenvalue weighted by Crippen LogP contribution is -2.42. The van der Waals surface area contributed by atoms with E-state index < -0.39 is 24.3 Å². The van der Waals surface area contributed by atoms with Crippen molar-refractivity contribution < 1.29 is 24.2 Å². The van der Waals surface area contributed by atoms with Gasteiger partial charge in [0.05, 0.1) is 24.0 Å². The highest BCUT2D eigenvalue weighted by Gasteiger charge is 2.69. The van der Waals surface area contributed by atoms with Crippen molar-refractivity contribution in [2.75, 3.05) is 13.7 Å². The van der Waals surface area contributed by atoms with Crippen molar-refractivity contribution in [1.82, 2.24) is 9.88 Å². The Hall–Kier alpha value is -2.17. The van der Waals surface area contributed by atoms with Gasteiger partial charge in [0.2, 0.25) is 11.8 Å². The van der Waals surface area contributed by atoms with Crippen molar-refractivity contribution in [2.45, 2.75) is 22.6 Å². The molecule has 2 saturated carbocycles.